The number of hydrogen-bond donors (Lipinski definition) is 1. The van der Waals surface area contributed by atoms with Crippen molar-refractivity contribution >= 4 is 17.1 Å². The Labute approximate surface area is 329 Å². The topological polar surface area (TPSA) is 29.3 Å². The van der Waals surface area contributed by atoms with Crippen molar-refractivity contribution in [3.05, 3.63) is 233 Å². The molecule has 2 aliphatic carbocycles. The Balaban J connectivity index is 1.21. The van der Waals surface area contributed by atoms with Crippen molar-refractivity contribution in [3.8, 4) is 33.4 Å². The van der Waals surface area contributed by atoms with Crippen molar-refractivity contribution in [2.45, 2.75) is 37.1 Å². The molecule has 0 radical (unpaired) electrons. The van der Waals surface area contributed by atoms with Crippen molar-refractivity contribution < 1.29 is 0 Å². The van der Waals surface area contributed by atoms with E-state index in [-0.39, 0.29) is 5.41 Å². The molecule has 1 spiro atoms. The lowest BCUT2D eigenvalue weighted by Crippen LogP contribution is -2.37. The van der Waals surface area contributed by atoms with Crippen LogP contribution in [0.2, 0.25) is 0 Å². The fraction of sp³-hybridized carbons (Fsp3) is 0.111. The van der Waals surface area contributed by atoms with Gasteiger partial charge in [0.25, 0.3) is 0 Å². The fourth-order valence-electron chi connectivity index (χ4n) is 10.5. The predicted molar refractivity (Wildman–Crippen MR) is 232 cm³/mol. The van der Waals surface area contributed by atoms with E-state index in [1.807, 2.05) is 0 Å². The number of rotatable bonds is 4. The van der Waals surface area contributed by atoms with Crippen molar-refractivity contribution in [1.82, 2.24) is 0 Å². The molecule has 1 unspecified atom stereocenters. The Kier molecular flexibility index (Phi) is 6.91. The Morgan fingerprint density at radius 3 is 1.71 bits per heavy atom. The van der Waals surface area contributed by atoms with Crippen LogP contribution in [0.25, 0.3) is 33.4 Å². The maximum Gasteiger partial charge on any atom is 0.0754 e. The standard InChI is InChI=1S/C54H42N2/c1-52(2)42-22-11-10-21-39(42)40-31-29-36(34-48(40)52)35-30-32-43-41(33-35)51-46(53(3,55)37-17-6-4-7-18-37)25-16-26-47(51)54(43)44-23-12-14-27-49(44)56(38-19-8-5-9-20-38)50-28-15-13-24-45(50)54/h4-34H,55H2,1-3H3. The monoisotopic (exact) mass is 718 g/mol. The molecule has 2 N–H and O–H groups in total. The molecule has 0 amide bonds. The van der Waals surface area contributed by atoms with E-state index < -0.39 is 11.0 Å². The van der Waals surface area contributed by atoms with Gasteiger partial charge in [0, 0.05) is 11.1 Å². The van der Waals surface area contributed by atoms with Crippen molar-refractivity contribution in [1.29, 1.82) is 0 Å². The molecule has 8 aromatic carbocycles. The van der Waals surface area contributed by atoms with Crippen LogP contribution in [-0.4, -0.2) is 0 Å². The molecule has 0 bridgehead atoms. The SMILES string of the molecule is CC1(C)c2ccccc2-c2ccc(-c3ccc4c(c3)-c3c(C(C)(N)c5ccccc5)cccc3C43c4ccccc4N(c4ccccc4)c4ccccc43)cc21. The highest BCUT2D eigenvalue weighted by atomic mass is 15.2. The first-order valence-corrected chi connectivity index (χ1v) is 19.7. The third-order valence-electron chi connectivity index (χ3n) is 13.1. The lowest BCUT2D eigenvalue weighted by atomic mass is 9.64. The van der Waals surface area contributed by atoms with Crippen LogP contribution < -0.4 is 10.6 Å². The minimum Gasteiger partial charge on any atom is -0.318 e. The Bertz CT molecular complexity index is 2820. The zero-order valence-electron chi connectivity index (χ0n) is 31.9. The van der Waals surface area contributed by atoms with Crippen LogP contribution in [0.1, 0.15) is 65.3 Å². The number of anilines is 3. The number of benzene rings is 8. The van der Waals surface area contributed by atoms with Gasteiger partial charge in [0.2, 0.25) is 0 Å². The number of nitrogens with two attached hydrogens (primary N) is 1. The van der Waals surface area contributed by atoms with Crippen LogP contribution in [0.5, 0.6) is 0 Å². The molecular formula is C54H42N2. The summed E-state index contributed by atoms with van der Waals surface area (Å²) in [6, 6.07) is 69.4. The minimum atomic E-state index is -0.751. The summed E-state index contributed by atoms with van der Waals surface area (Å²) in [5, 5.41) is 0. The third kappa shape index (κ3) is 4.31. The quantitative estimate of drug-likeness (QED) is 0.196. The summed E-state index contributed by atoms with van der Waals surface area (Å²) in [6.07, 6.45) is 0. The molecule has 1 heterocycles. The van der Waals surface area contributed by atoms with Crippen LogP contribution in [0.15, 0.2) is 188 Å². The highest BCUT2D eigenvalue weighted by Crippen LogP contribution is 2.65. The van der Waals surface area contributed by atoms with E-state index >= 15 is 0 Å². The summed E-state index contributed by atoms with van der Waals surface area (Å²) in [5.41, 5.74) is 27.3. The van der Waals surface area contributed by atoms with Crippen LogP contribution >= 0.6 is 0 Å². The minimum absolute atomic E-state index is 0.0836. The number of fused-ring (bicyclic) bond motifs is 12. The summed E-state index contributed by atoms with van der Waals surface area (Å²) >= 11 is 0. The zero-order valence-corrected chi connectivity index (χ0v) is 31.9. The van der Waals surface area contributed by atoms with Gasteiger partial charge in [-0.15, -0.1) is 0 Å². The Morgan fingerprint density at radius 2 is 1.00 bits per heavy atom. The van der Waals surface area contributed by atoms with Gasteiger partial charge in [0.15, 0.2) is 0 Å². The van der Waals surface area contributed by atoms with Gasteiger partial charge in [-0.25, -0.2) is 0 Å². The van der Waals surface area contributed by atoms with Crippen LogP contribution in [0, 0.1) is 0 Å². The van der Waals surface area contributed by atoms with Crippen molar-refractivity contribution in [2.24, 2.45) is 5.73 Å². The number of hydrogen-bond acceptors (Lipinski definition) is 2. The highest BCUT2D eigenvalue weighted by Gasteiger charge is 2.53. The van der Waals surface area contributed by atoms with E-state index in [0.717, 1.165) is 16.8 Å². The normalized spacial score (nSPS) is 15.9. The van der Waals surface area contributed by atoms with Crippen LogP contribution in [0.4, 0.5) is 17.1 Å². The second-order valence-corrected chi connectivity index (χ2v) is 16.4. The average Bonchev–Trinajstić information content (AvgIpc) is 3.67. The van der Waals surface area contributed by atoms with Crippen LogP contribution in [-0.2, 0) is 16.4 Å². The van der Waals surface area contributed by atoms with Crippen molar-refractivity contribution in [2.75, 3.05) is 4.90 Å². The fourth-order valence-corrected chi connectivity index (χ4v) is 10.5. The van der Waals surface area contributed by atoms with E-state index in [9.17, 15) is 0 Å². The maximum atomic E-state index is 7.57. The van der Waals surface area contributed by atoms with Gasteiger partial charge in [-0.3, -0.25) is 0 Å². The molecule has 0 saturated heterocycles. The molecular weight excluding hydrogens is 677 g/mol. The van der Waals surface area contributed by atoms with Gasteiger partial charge in [-0.1, -0.05) is 166 Å². The molecule has 56 heavy (non-hydrogen) atoms. The van der Waals surface area contributed by atoms with Crippen molar-refractivity contribution in [3.63, 3.8) is 0 Å². The Morgan fingerprint density at radius 1 is 0.446 bits per heavy atom. The molecule has 2 nitrogen and oxygen atoms in total. The lowest BCUT2D eigenvalue weighted by molar-refractivity contribution is 0.603. The largest absolute Gasteiger partial charge is 0.318 e. The summed E-state index contributed by atoms with van der Waals surface area (Å²) < 4.78 is 0. The third-order valence-corrected chi connectivity index (χ3v) is 13.1. The molecule has 1 aliphatic heterocycles. The Hall–Kier alpha value is -6.48. The molecule has 0 aromatic heterocycles. The summed E-state index contributed by atoms with van der Waals surface area (Å²) in [6.45, 7) is 6.89. The molecule has 0 saturated carbocycles. The van der Waals surface area contributed by atoms with Gasteiger partial charge in [-0.05, 0) is 121 Å². The first-order valence-electron chi connectivity index (χ1n) is 19.7. The number of nitrogens with zero attached hydrogens (tertiary/aromatic N) is 1. The predicted octanol–water partition coefficient (Wildman–Crippen LogP) is 13.0. The second kappa shape index (κ2) is 11.8. The molecule has 3 aliphatic rings. The second-order valence-electron chi connectivity index (χ2n) is 16.4. The summed E-state index contributed by atoms with van der Waals surface area (Å²) in [4.78, 5) is 2.44. The van der Waals surface area contributed by atoms with Crippen LogP contribution in [0.3, 0.4) is 0 Å². The molecule has 0 fully saturated rings. The molecule has 11 rings (SSSR count). The molecule has 268 valence electrons. The van der Waals surface area contributed by atoms with E-state index in [2.05, 4.69) is 214 Å². The van der Waals surface area contributed by atoms with Gasteiger partial charge in [0.05, 0.1) is 22.3 Å². The van der Waals surface area contributed by atoms with E-state index in [4.69, 9.17) is 5.73 Å². The average molecular weight is 719 g/mol. The molecule has 8 aromatic rings. The highest BCUT2D eigenvalue weighted by molar-refractivity contribution is 5.98. The first kappa shape index (κ1) is 32.9. The van der Waals surface area contributed by atoms with E-state index in [0.29, 0.717) is 0 Å². The summed E-state index contributed by atoms with van der Waals surface area (Å²) in [5.74, 6) is 0. The van der Waals surface area contributed by atoms with E-state index in [1.165, 1.54) is 78.1 Å². The molecule has 2 heteroatoms. The number of para-hydroxylation sites is 3. The van der Waals surface area contributed by atoms with Gasteiger partial charge in [-0.2, -0.15) is 0 Å². The van der Waals surface area contributed by atoms with Gasteiger partial charge < -0.3 is 10.6 Å². The summed E-state index contributed by atoms with van der Waals surface area (Å²) in [7, 11) is 0. The van der Waals surface area contributed by atoms with E-state index in [1.54, 1.807) is 0 Å². The molecule has 1 atom stereocenters. The zero-order chi connectivity index (χ0) is 37.8. The maximum absolute atomic E-state index is 7.57. The smallest absolute Gasteiger partial charge is 0.0754 e. The van der Waals surface area contributed by atoms with Gasteiger partial charge in [0.1, 0.15) is 0 Å². The van der Waals surface area contributed by atoms with Gasteiger partial charge >= 0.3 is 0 Å². The first-order chi connectivity index (χ1) is 27.3. The lowest BCUT2D eigenvalue weighted by Gasteiger charge is -2.45.